The van der Waals surface area contributed by atoms with E-state index in [9.17, 15) is 0 Å². The van der Waals surface area contributed by atoms with E-state index >= 15 is 0 Å². The van der Waals surface area contributed by atoms with Crippen molar-refractivity contribution in [3.8, 4) is 0 Å². The Hall–Kier alpha value is -4.58. The van der Waals surface area contributed by atoms with Gasteiger partial charge < -0.3 is 28.0 Å². The van der Waals surface area contributed by atoms with Gasteiger partial charge in [0, 0.05) is 24.8 Å². The number of aromatic nitrogens is 4. The van der Waals surface area contributed by atoms with Crippen LogP contribution in [0, 0.1) is 21.6 Å². The smallest absolute Gasteiger partial charge is 0.357 e. The van der Waals surface area contributed by atoms with Gasteiger partial charge >= 0.3 is 44.8 Å². The number of hydrogen-bond acceptors (Lipinski definition) is 10. The zero-order chi connectivity index (χ0) is 49.2. The van der Waals surface area contributed by atoms with E-state index in [0.29, 0.717) is 20.6 Å². The molecule has 70 heavy (non-hydrogen) atoms. The zero-order valence-electron chi connectivity index (χ0n) is 36.2. The molecule has 0 aliphatic rings. The van der Waals surface area contributed by atoms with Crippen molar-refractivity contribution >= 4 is 95.0 Å². The Kier molecular flexibility index (Phi) is 35.4. The van der Waals surface area contributed by atoms with E-state index < -0.39 is 21.6 Å². The fourth-order valence-electron chi connectivity index (χ4n) is 4.97. The molecular formula is C52H40Ag2Cl6N4O6. The maximum atomic E-state index is 8.41. The van der Waals surface area contributed by atoms with E-state index in [2.05, 4.69) is 68.5 Å². The van der Waals surface area contributed by atoms with Crippen molar-refractivity contribution in [2.45, 2.75) is 0 Å². The Morgan fingerprint density at radius 1 is 0.257 bits per heavy atom. The molecule has 8 aromatic rings. The van der Waals surface area contributed by atoms with Gasteiger partial charge in [-0.2, -0.15) is 0 Å². The van der Waals surface area contributed by atoms with Crippen LogP contribution in [0.15, 0.2) is 195 Å². The van der Waals surface area contributed by atoms with Crippen LogP contribution in [-0.2, 0) is 44.8 Å². The van der Waals surface area contributed by atoms with Crippen LogP contribution in [0.2, 0.25) is 20.6 Å². The first-order valence-electron chi connectivity index (χ1n) is 19.7. The molecule has 0 amide bonds. The van der Waals surface area contributed by atoms with Crippen molar-refractivity contribution in [1.29, 1.82) is 0 Å². The summed E-state index contributed by atoms with van der Waals surface area (Å²) in [5, 5.41) is 2.08. The van der Waals surface area contributed by atoms with Crippen molar-refractivity contribution in [2.75, 3.05) is 0 Å². The number of hydrogen-bond donors (Lipinski definition) is 0. The molecule has 0 N–H and O–H groups in total. The van der Waals surface area contributed by atoms with E-state index in [1.807, 2.05) is 146 Å². The molecule has 0 fully saturated rings. The van der Waals surface area contributed by atoms with Crippen molar-refractivity contribution in [3.63, 3.8) is 0 Å². The summed E-state index contributed by atoms with van der Waals surface area (Å²) in [6.45, 7) is 0. The third-order valence-corrected chi connectivity index (χ3v) is 8.97. The molecule has 0 saturated carbocycles. The molecule has 368 valence electrons. The van der Waals surface area contributed by atoms with Gasteiger partial charge in [0.25, 0.3) is 0 Å². The molecule has 8 rings (SSSR count). The summed E-state index contributed by atoms with van der Waals surface area (Å²) in [5.41, 5.74) is 8.87. The second kappa shape index (κ2) is 39.1. The standard InChI is InChI=1S/4C13H10ClN.2Ag.2ClO3/c4*14-13-9-8-12(10-15-13)7-6-11-4-2-1-3-5-11;;;2*2-1(3)4/h4*1-10H;;;;/q;;;;2*+1;2*-1/b4*7-6+;;;;. The first kappa shape index (κ1) is 63.4. The summed E-state index contributed by atoms with van der Waals surface area (Å²) in [7, 11) is -5.70. The van der Waals surface area contributed by atoms with Crippen LogP contribution < -0.4 is 28.0 Å². The molecule has 18 heteroatoms. The van der Waals surface area contributed by atoms with Crippen LogP contribution >= 0.6 is 46.4 Å². The molecule has 0 saturated heterocycles. The summed E-state index contributed by atoms with van der Waals surface area (Å²) in [6.07, 6.45) is 23.2. The number of halogens is 6. The van der Waals surface area contributed by atoms with Crippen LogP contribution in [0.4, 0.5) is 0 Å². The van der Waals surface area contributed by atoms with Gasteiger partial charge in [-0.15, -0.1) is 0 Å². The van der Waals surface area contributed by atoms with Gasteiger partial charge in [0.2, 0.25) is 0 Å². The topological polar surface area (TPSA) is 190 Å². The molecule has 4 aromatic heterocycles. The van der Waals surface area contributed by atoms with E-state index in [0.717, 1.165) is 22.3 Å². The Morgan fingerprint density at radius 2 is 0.414 bits per heavy atom. The van der Waals surface area contributed by atoms with Crippen molar-refractivity contribution in [1.82, 2.24) is 19.9 Å². The van der Waals surface area contributed by atoms with E-state index in [1.165, 1.54) is 22.3 Å². The molecule has 0 spiro atoms. The molecule has 0 aliphatic carbocycles. The molecule has 4 heterocycles. The average molecular weight is 1250 g/mol. The summed E-state index contributed by atoms with van der Waals surface area (Å²) >= 11 is 22.8. The van der Waals surface area contributed by atoms with Crippen molar-refractivity contribution < 1.29 is 94.3 Å². The second-order valence-corrected chi connectivity index (χ2v) is 15.3. The fourth-order valence-corrected chi connectivity index (χ4v) is 5.42. The van der Waals surface area contributed by atoms with E-state index in [4.69, 9.17) is 74.4 Å². The maximum Gasteiger partial charge on any atom is 1.00 e. The number of nitrogens with zero attached hydrogens (tertiary/aromatic N) is 4. The first-order valence-corrected chi connectivity index (χ1v) is 23.1. The maximum absolute atomic E-state index is 8.41. The summed E-state index contributed by atoms with van der Waals surface area (Å²) in [6, 6.07) is 55.5. The van der Waals surface area contributed by atoms with Gasteiger partial charge in [-0.3, -0.25) is 0 Å². The van der Waals surface area contributed by atoms with Gasteiger partial charge in [-0.25, -0.2) is 19.9 Å². The van der Waals surface area contributed by atoms with Gasteiger partial charge in [-0.1, -0.05) is 241 Å². The van der Waals surface area contributed by atoms with Crippen LogP contribution in [0.1, 0.15) is 44.5 Å². The Morgan fingerprint density at radius 3 is 0.557 bits per heavy atom. The van der Waals surface area contributed by atoms with Crippen LogP contribution in [0.25, 0.3) is 48.6 Å². The first-order chi connectivity index (χ1) is 32.8. The monoisotopic (exact) mass is 1240 g/mol. The number of benzene rings is 4. The quantitative estimate of drug-likeness (QED) is 0.105. The normalized spacial score (nSPS) is 10.2. The molecular weight excluding hydrogens is 1210 g/mol. The number of rotatable bonds is 8. The van der Waals surface area contributed by atoms with Crippen molar-refractivity contribution in [2.24, 2.45) is 0 Å². The average Bonchev–Trinajstić information content (AvgIpc) is 3.35. The van der Waals surface area contributed by atoms with Crippen LogP contribution in [0.3, 0.4) is 0 Å². The third kappa shape index (κ3) is 32.3. The summed E-state index contributed by atoms with van der Waals surface area (Å²) in [5.74, 6) is 0. The Labute approximate surface area is 464 Å². The molecule has 0 radical (unpaired) electrons. The minimum absolute atomic E-state index is 0. The zero-order valence-corrected chi connectivity index (χ0v) is 43.7. The van der Waals surface area contributed by atoms with Crippen LogP contribution in [-0.4, -0.2) is 19.9 Å². The van der Waals surface area contributed by atoms with Crippen molar-refractivity contribution in [3.05, 3.63) is 260 Å². The Balaban J connectivity index is 0.000000439. The third-order valence-electron chi connectivity index (χ3n) is 8.07. The number of pyridine rings is 4. The largest absolute Gasteiger partial charge is 1.00 e. The predicted octanol–water partition coefficient (Wildman–Crippen LogP) is 8.48. The molecule has 0 bridgehead atoms. The molecule has 0 unspecified atom stereocenters. The molecule has 4 aromatic carbocycles. The summed E-state index contributed by atoms with van der Waals surface area (Å²) in [4.78, 5) is 16.0. The van der Waals surface area contributed by atoms with Gasteiger partial charge in [0.1, 0.15) is 20.6 Å². The van der Waals surface area contributed by atoms with Gasteiger partial charge in [-0.05, 0) is 68.8 Å². The minimum Gasteiger partial charge on any atom is -0.357 e. The molecule has 0 atom stereocenters. The minimum atomic E-state index is -2.85. The van der Waals surface area contributed by atoms with Gasteiger partial charge in [0.15, 0.2) is 0 Å². The predicted molar refractivity (Wildman–Crippen MR) is 258 cm³/mol. The molecule has 10 nitrogen and oxygen atoms in total. The van der Waals surface area contributed by atoms with E-state index in [-0.39, 0.29) is 44.8 Å². The summed E-state index contributed by atoms with van der Waals surface area (Å²) < 4.78 is 50.4. The second-order valence-electron chi connectivity index (χ2n) is 13.0. The molecule has 0 aliphatic heterocycles. The van der Waals surface area contributed by atoms with E-state index in [1.54, 1.807) is 49.1 Å². The fraction of sp³-hybridized carbons (Fsp3) is 0. The Bertz CT molecular complexity index is 2290. The SMILES string of the molecule is Clc1ccc(/C=C/c2ccccc2)cn1.Clc1ccc(/C=C/c2ccccc2)cn1.Clc1ccc(/C=C/c2ccccc2)cn1.Clc1ccc(/C=C/c2ccccc2)cn1.[Ag+].[Ag+].[O-][Cl+2]([O-])[O-].[O-][Cl+2]([O-])[O-]. The van der Waals surface area contributed by atoms with Gasteiger partial charge in [0.05, 0.1) is 21.6 Å². The van der Waals surface area contributed by atoms with Crippen LogP contribution in [0.5, 0.6) is 0 Å².